The smallest absolute Gasteiger partial charge is 0.331 e. The number of halogens is 1. The minimum absolute atomic E-state index is 0.00688. The fourth-order valence-corrected chi connectivity index (χ4v) is 1.12. The van der Waals surface area contributed by atoms with E-state index in [4.69, 9.17) is 5.11 Å². The number of aliphatic carboxylic acids is 1. The van der Waals surface area contributed by atoms with Crippen LogP contribution in [0.1, 0.15) is 13.8 Å². The van der Waals surface area contributed by atoms with Crippen LogP contribution in [0.2, 0.25) is 0 Å². The highest BCUT2D eigenvalue weighted by Crippen LogP contribution is 2.09. The first-order valence-corrected chi connectivity index (χ1v) is 5.40. The molecule has 0 bridgehead atoms. The van der Waals surface area contributed by atoms with E-state index in [9.17, 15) is 9.59 Å². The minimum Gasteiger partial charge on any atom is -0.478 e. The largest absolute Gasteiger partial charge is 0.478 e. The number of carboxylic acids is 1. The first-order chi connectivity index (χ1) is 7.91. The number of hydrogen-bond acceptors (Lipinski definition) is 4. The van der Waals surface area contributed by atoms with Gasteiger partial charge in [0.05, 0.1) is 12.4 Å². The van der Waals surface area contributed by atoms with Crippen LogP contribution in [-0.2, 0) is 9.59 Å². The number of nitrogens with one attached hydrogen (secondary N) is 1. The van der Waals surface area contributed by atoms with Crippen molar-refractivity contribution in [3.05, 3.63) is 28.1 Å². The van der Waals surface area contributed by atoms with E-state index in [-0.39, 0.29) is 17.0 Å². The van der Waals surface area contributed by atoms with Crippen LogP contribution in [0.25, 0.3) is 0 Å². The number of amides is 1. The Labute approximate surface area is 106 Å². The second kappa shape index (κ2) is 5.53. The second-order valence-electron chi connectivity index (χ2n) is 3.23. The molecule has 0 aliphatic heterocycles. The monoisotopic (exact) mass is 299 g/mol. The van der Waals surface area contributed by atoms with Crippen molar-refractivity contribution in [2.45, 2.75) is 13.8 Å². The molecule has 0 saturated carbocycles. The van der Waals surface area contributed by atoms with E-state index in [0.717, 1.165) is 0 Å². The Bertz CT molecular complexity index is 482. The van der Waals surface area contributed by atoms with Gasteiger partial charge < -0.3 is 10.4 Å². The van der Waals surface area contributed by atoms with Gasteiger partial charge in [0.2, 0.25) is 0 Å². The van der Waals surface area contributed by atoms with Gasteiger partial charge in [-0.2, -0.15) is 0 Å². The molecule has 0 fully saturated rings. The summed E-state index contributed by atoms with van der Waals surface area (Å²) in [4.78, 5) is 30.1. The number of hydrogen-bond donors (Lipinski definition) is 2. The van der Waals surface area contributed by atoms with Crippen molar-refractivity contribution in [3.8, 4) is 0 Å². The standard InChI is InChI=1S/C10H10BrN3O3/c1-5(6(2)10(16)17)9(15)14-8-4-12-7(11)3-13-8/h3-4H,1-2H3,(H,16,17)(H,13,14,15). The summed E-state index contributed by atoms with van der Waals surface area (Å²) in [6.07, 6.45) is 2.80. The molecule has 2 N–H and O–H groups in total. The van der Waals surface area contributed by atoms with E-state index in [1.807, 2.05) is 0 Å². The van der Waals surface area contributed by atoms with Crippen molar-refractivity contribution in [1.82, 2.24) is 9.97 Å². The van der Waals surface area contributed by atoms with Crippen LogP contribution in [0.4, 0.5) is 5.82 Å². The maximum atomic E-state index is 11.6. The van der Waals surface area contributed by atoms with Crippen molar-refractivity contribution >= 4 is 33.6 Å². The number of anilines is 1. The third-order valence-corrected chi connectivity index (χ3v) is 2.50. The van der Waals surface area contributed by atoms with Crippen LogP contribution >= 0.6 is 15.9 Å². The number of rotatable bonds is 3. The molecule has 7 heteroatoms. The molecular formula is C10H10BrN3O3. The molecule has 6 nitrogen and oxygen atoms in total. The molecule has 1 heterocycles. The summed E-state index contributed by atoms with van der Waals surface area (Å²) in [5, 5.41) is 11.2. The van der Waals surface area contributed by atoms with Gasteiger partial charge in [-0.3, -0.25) is 4.79 Å². The van der Waals surface area contributed by atoms with Gasteiger partial charge in [-0.15, -0.1) is 0 Å². The Hall–Kier alpha value is -1.76. The van der Waals surface area contributed by atoms with Crippen molar-refractivity contribution in [2.75, 3.05) is 5.32 Å². The van der Waals surface area contributed by atoms with Gasteiger partial charge >= 0.3 is 5.97 Å². The van der Waals surface area contributed by atoms with Crippen molar-refractivity contribution < 1.29 is 14.7 Å². The highest BCUT2D eigenvalue weighted by molar-refractivity contribution is 9.10. The molecule has 0 aliphatic rings. The van der Waals surface area contributed by atoms with E-state index in [1.165, 1.54) is 26.2 Å². The molecule has 1 aromatic rings. The molecule has 0 spiro atoms. The van der Waals surface area contributed by atoms with Crippen LogP contribution < -0.4 is 5.32 Å². The number of nitrogens with zero attached hydrogens (tertiary/aromatic N) is 2. The van der Waals surface area contributed by atoms with E-state index in [0.29, 0.717) is 4.60 Å². The Morgan fingerprint density at radius 3 is 2.35 bits per heavy atom. The van der Waals surface area contributed by atoms with Gasteiger partial charge in [0.1, 0.15) is 4.60 Å². The number of carbonyl (C=O) groups is 2. The summed E-state index contributed by atoms with van der Waals surface area (Å²) in [6, 6.07) is 0. The lowest BCUT2D eigenvalue weighted by atomic mass is 10.1. The SMILES string of the molecule is CC(C(=O)O)=C(C)C(=O)Nc1cnc(Br)cn1. The molecule has 1 amide bonds. The molecule has 0 aliphatic carbocycles. The quantitative estimate of drug-likeness (QED) is 0.827. The predicted molar refractivity (Wildman–Crippen MR) is 64.4 cm³/mol. The summed E-state index contributed by atoms with van der Waals surface area (Å²) in [5.74, 6) is -1.38. The average molecular weight is 300 g/mol. The zero-order chi connectivity index (χ0) is 13.0. The van der Waals surface area contributed by atoms with Crippen LogP contribution in [0.15, 0.2) is 28.1 Å². The van der Waals surface area contributed by atoms with E-state index < -0.39 is 11.9 Å². The number of aromatic nitrogens is 2. The molecule has 1 rings (SSSR count). The fraction of sp³-hybridized carbons (Fsp3) is 0.200. The van der Waals surface area contributed by atoms with Crippen LogP contribution in [0, 0.1) is 0 Å². The molecule has 0 unspecified atom stereocenters. The third kappa shape index (κ3) is 3.63. The molecule has 90 valence electrons. The molecule has 17 heavy (non-hydrogen) atoms. The Morgan fingerprint density at radius 2 is 1.88 bits per heavy atom. The van der Waals surface area contributed by atoms with Gasteiger partial charge in [0.15, 0.2) is 5.82 Å². The van der Waals surface area contributed by atoms with E-state index >= 15 is 0 Å². The second-order valence-corrected chi connectivity index (χ2v) is 4.05. The summed E-state index contributed by atoms with van der Waals surface area (Å²) in [7, 11) is 0. The summed E-state index contributed by atoms with van der Waals surface area (Å²) < 4.78 is 0.546. The topological polar surface area (TPSA) is 92.2 Å². The zero-order valence-corrected chi connectivity index (χ0v) is 10.8. The van der Waals surface area contributed by atoms with Gasteiger partial charge in [-0.25, -0.2) is 14.8 Å². The molecule has 0 aromatic carbocycles. The van der Waals surface area contributed by atoms with Crippen molar-refractivity contribution in [2.24, 2.45) is 0 Å². The van der Waals surface area contributed by atoms with Gasteiger partial charge in [-0.1, -0.05) is 0 Å². The van der Waals surface area contributed by atoms with Crippen molar-refractivity contribution in [1.29, 1.82) is 0 Å². The van der Waals surface area contributed by atoms with Gasteiger partial charge in [-0.05, 0) is 29.8 Å². The number of carbonyl (C=O) groups excluding carboxylic acids is 1. The Balaban J connectivity index is 2.83. The lowest BCUT2D eigenvalue weighted by Crippen LogP contribution is -2.17. The first-order valence-electron chi connectivity index (χ1n) is 4.61. The fourth-order valence-electron chi connectivity index (χ4n) is 0.918. The lowest BCUT2D eigenvalue weighted by Gasteiger charge is -2.05. The molecule has 0 atom stereocenters. The normalized spacial score (nSPS) is 11.7. The minimum atomic E-state index is -1.13. The maximum Gasteiger partial charge on any atom is 0.331 e. The molecule has 0 radical (unpaired) electrons. The van der Waals surface area contributed by atoms with E-state index in [2.05, 4.69) is 31.2 Å². The Morgan fingerprint density at radius 1 is 1.24 bits per heavy atom. The summed E-state index contributed by atoms with van der Waals surface area (Å²) in [5.41, 5.74) is 0.120. The van der Waals surface area contributed by atoms with Crippen LogP contribution in [0.3, 0.4) is 0 Å². The highest BCUT2D eigenvalue weighted by Gasteiger charge is 2.13. The third-order valence-electron chi connectivity index (χ3n) is 2.09. The maximum absolute atomic E-state index is 11.6. The molecular weight excluding hydrogens is 290 g/mol. The number of carboxylic acid groups (broad SMARTS) is 1. The summed E-state index contributed by atoms with van der Waals surface area (Å²) in [6.45, 7) is 2.80. The van der Waals surface area contributed by atoms with Crippen LogP contribution in [-0.4, -0.2) is 27.0 Å². The lowest BCUT2D eigenvalue weighted by molar-refractivity contribution is -0.133. The van der Waals surface area contributed by atoms with Crippen LogP contribution in [0.5, 0.6) is 0 Å². The first kappa shape index (κ1) is 13.3. The molecule has 0 saturated heterocycles. The highest BCUT2D eigenvalue weighted by atomic mass is 79.9. The van der Waals surface area contributed by atoms with Gasteiger partial charge in [0, 0.05) is 11.1 Å². The summed E-state index contributed by atoms with van der Waals surface area (Å²) >= 11 is 3.11. The van der Waals surface area contributed by atoms with E-state index in [1.54, 1.807) is 0 Å². The molecule has 1 aromatic heterocycles. The van der Waals surface area contributed by atoms with Gasteiger partial charge in [0.25, 0.3) is 5.91 Å². The van der Waals surface area contributed by atoms with Crippen molar-refractivity contribution in [3.63, 3.8) is 0 Å². The zero-order valence-electron chi connectivity index (χ0n) is 9.19. The predicted octanol–water partition coefficient (Wildman–Crippen LogP) is 1.60. The Kier molecular flexibility index (Phi) is 4.33. The average Bonchev–Trinajstić information content (AvgIpc) is 2.30.